The molecule has 142 valence electrons. The van der Waals surface area contributed by atoms with Crippen LogP contribution in [-0.4, -0.2) is 43.4 Å². The highest BCUT2D eigenvalue weighted by Crippen LogP contribution is 2.26. The van der Waals surface area contributed by atoms with Gasteiger partial charge in [0.05, 0.1) is 20.3 Å². The molecule has 3 heterocycles. The first-order valence-corrected chi connectivity index (χ1v) is 9.39. The lowest BCUT2D eigenvalue weighted by molar-refractivity contribution is 0.122. The zero-order valence-corrected chi connectivity index (χ0v) is 15.9. The van der Waals surface area contributed by atoms with Crippen LogP contribution in [0.1, 0.15) is 16.8 Å². The normalized spacial score (nSPS) is 14.7. The first-order valence-electron chi connectivity index (χ1n) is 9.39. The minimum Gasteiger partial charge on any atom is -0.497 e. The van der Waals surface area contributed by atoms with Crippen molar-refractivity contribution < 1.29 is 9.47 Å². The van der Waals surface area contributed by atoms with Crippen LogP contribution in [0, 0.1) is 6.92 Å². The molecule has 6 nitrogen and oxygen atoms in total. The lowest BCUT2D eigenvalue weighted by atomic mass is 10.1. The monoisotopic (exact) mass is 366 g/mol. The molecule has 1 fully saturated rings. The topological polar surface area (TPSA) is 62.4 Å². The number of aromatic nitrogens is 2. The molecule has 0 bridgehead atoms. The number of benzene rings is 1. The molecule has 27 heavy (non-hydrogen) atoms. The number of hydrogen-bond acceptors (Lipinski definition) is 5. The van der Waals surface area contributed by atoms with Gasteiger partial charge in [-0.2, -0.15) is 0 Å². The zero-order chi connectivity index (χ0) is 18.6. The van der Waals surface area contributed by atoms with Gasteiger partial charge < -0.3 is 24.7 Å². The largest absolute Gasteiger partial charge is 0.497 e. The second kappa shape index (κ2) is 7.98. The Kier molecular flexibility index (Phi) is 5.27. The van der Waals surface area contributed by atoms with Crippen LogP contribution in [0.3, 0.4) is 0 Å². The molecule has 1 aliphatic rings. The van der Waals surface area contributed by atoms with Crippen molar-refractivity contribution in [3.05, 3.63) is 53.3 Å². The molecular formula is C21H26N4O2. The highest BCUT2D eigenvalue weighted by molar-refractivity contribution is 5.85. The summed E-state index contributed by atoms with van der Waals surface area (Å²) < 4.78 is 10.8. The Hall–Kier alpha value is -2.57. The summed E-state index contributed by atoms with van der Waals surface area (Å²) in [6, 6.07) is 10.3. The van der Waals surface area contributed by atoms with Crippen molar-refractivity contribution >= 4 is 16.7 Å². The zero-order valence-electron chi connectivity index (χ0n) is 15.9. The number of nitrogens with one attached hydrogen (secondary N) is 2. The van der Waals surface area contributed by atoms with Gasteiger partial charge in [0, 0.05) is 54.5 Å². The number of rotatable bonds is 6. The molecule has 0 amide bonds. The number of aryl methyl sites for hydroxylation is 1. The second-order valence-electron chi connectivity index (χ2n) is 6.83. The third kappa shape index (κ3) is 3.77. The molecular weight excluding hydrogens is 340 g/mol. The molecule has 2 aromatic heterocycles. The maximum atomic E-state index is 5.46. The fourth-order valence-electron chi connectivity index (χ4n) is 3.62. The molecule has 0 aliphatic carbocycles. The minimum absolute atomic E-state index is 0.765. The Morgan fingerprint density at radius 3 is 2.89 bits per heavy atom. The predicted octanol–water partition coefficient (Wildman–Crippen LogP) is 3.01. The molecule has 4 rings (SSSR count). The van der Waals surface area contributed by atoms with E-state index < -0.39 is 0 Å². The Balaban J connectivity index is 1.46. The van der Waals surface area contributed by atoms with E-state index in [-0.39, 0.29) is 0 Å². The van der Waals surface area contributed by atoms with Gasteiger partial charge in [-0.05, 0) is 36.8 Å². The van der Waals surface area contributed by atoms with Crippen molar-refractivity contribution in [2.45, 2.75) is 20.0 Å². The van der Waals surface area contributed by atoms with E-state index in [9.17, 15) is 0 Å². The number of H-pyrrole nitrogens is 1. The molecule has 0 spiro atoms. The number of nitrogens with zero attached hydrogens (tertiary/aromatic N) is 2. The number of fused-ring (bicyclic) bond motifs is 1. The number of methoxy groups -OCH3 is 1. The van der Waals surface area contributed by atoms with Crippen LogP contribution in [0.2, 0.25) is 0 Å². The number of morpholine rings is 1. The van der Waals surface area contributed by atoms with E-state index in [4.69, 9.17) is 9.47 Å². The van der Waals surface area contributed by atoms with Crippen LogP contribution in [0.5, 0.6) is 5.75 Å². The van der Waals surface area contributed by atoms with Crippen LogP contribution >= 0.6 is 0 Å². The summed E-state index contributed by atoms with van der Waals surface area (Å²) in [7, 11) is 1.70. The van der Waals surface area contributed by atoms with Gasteiger partial charge in [-0.25, -0.2) is 4.98 Å². The van der Waals surface area contributed by atoms with Crippen LogP contribution < -0.4 is 15.0 Å². The average molecular weight is 366 g/mol. The SMILES string of the molecule is COc1ccc2[nH]c(CNCc3cccnc3N3CCOCC3)c(C)c2c1. The summed E-state index contributed by atoms with van der Waals surface area (Å²) in [5, 5.41) is 4.78. The lowest BCUT2D eigenvalue weighted by Gasteiger charge is -2.29. The van der Waals surface area contributed by atoms with Gasteiger partial charge in [-0.1, -0.05) is 6.07 Å². The minimum atomic E-state index is 0.765. The van der Waals surface area contributed by atoms with Crippen LogP contribution in [0.25, 0.3) is 10.9 Å². The van der Waals surface area contributed by atoms with Gasteiger partial charge in [0.25, 0.3) is 0 Å². The van der Waals surface area contributed by atoms with E-state index in [0.717, 1.165) is 56.5 Å². The molecule has 1 aromatic carbocycles. The van der Waals surface area contributed by atoms with Gasteiger partial charge in [0.1, 0.15) is 11.6 Å². The van der Waals surface area contributed by atoms with Crippen molar-refractivity contribution in [1.29, 1.82) is 0 Å². The molecule has 6 heteroatoms. The molecule has 1 aliphatic heterocycles. The van der Waals surface area contributed by atoms with Crippen molar-refractivity contribution in [2.24, 2.45) is 0 Å². The molecule has 0 atom stereocenters. The third-order valence-corrected chi connectivity index (χ3v) is 5.16. The summed E-state index contributed by atoms with van der Waals surface area (Å²) in [5.74, 6) is 1.95. The molecule has 0 unspecified atom stereocenters. The highest BCUT2D eigenvalue weighted by atomic mass is 16.5. The fraction of sp³-hybridized carbons (Fsp3) is 0.381. The number of pyridine rings is 1. The van der Waals surface area contributed by atoms with E-state index in [0.29, 0.717) is 0 Å². The molecule has 0 saturated carbocycles. The van der Waals surface area contributed by atoms with Crippen LogP contribution in [-0.2, 0) is 17.8 Å². The average Bonchev–Trinajstić information content (AvgIpc) is 3.04. The summed E-state index contributed by atoms with van der Waals surface area (Å²) in [4.78, 5) is 10.4. The maximum absolute atomic E-state index is 5.46. The maximum Gasteiger partial charge on any atom is 0.133 e. The van der Waals surface area contributed by atoms with E-state index >= 15 is 0 Å². The first kappa shape index (κ1) is 17.8. The Morgan fingerprint density at radius 2 is 2.07 bits per heavy atom. The van der Waals surface area contributed by atoms with Gasteiger partial charge in [-0.3, -0.25) is 0 Å². The van der Waals surface area contributed by atoms with Crippen LogP contribution in [0.15, 0.2) is 36.5 Å². The number of ether oxygens (including phenoxy) is 2. The van der Waals surface area contributed by atoms with Gasteiger partial charge >= 0.3 is 0 Å². The number of anilines is 1. The highest BCUT2D eigenvalue weighted by Gasteiger charge is 2.16. The number of hydrogen-bond donors (Lipinski definition) is 2. The Bertz CT molecular complexity index is 916. The predicted molar refractivity (Wildman–Crippen MR) is 107 cm³/mol. The molecule has 0 radical (unpaired) electrons. The second-order valence-corrected chi connectivity index (χ2v) is 6.83. The molecule has 1 saturated heterocycles. The van der Waals surface area contributed by atoms with Gasteiger partial charge in [0.2, 0.25) is 0 Å². The number of aromatic amines is 1. The summed E-state index contributed by atoms with van der Waals surface area (Å²) in [5.41, 5.74) is 4.82. The molecule has 3 aromatic rings. The van der Waals surface area contributed by atoms with E-state index in [1.165, 1.54) is 22.2 Å². The standard InChI is InChI=1S/C21H26N4O2/c1-15-18-12-17(26-2)5-6-19(18)24-20(15)14-22-13-16-4-3-7-23-21(16)25-8-10-27-11-9-25/h3-7,12,22,24H,8-11,13-14H2,1-2H3. The summed E-state index contributed by atoms with van der Waals surface area (Å²) in [6.07, 6.45) is 1.86. The van der Waals surface area contributed by atoms with Crippen molar-refractivity contribution in [3.63, 3.8) is 0 Å². The van der Waals surface area contributed by atoms with Crippen LogP contribution in [0.4, 0.5) is 5.82 Å². The third-order valence-electron chi connectivity index (χ3n) is 5.16. The fourth-order valence-corrected chi connectivity index (χ4v) is 3.62. The van der Waals surface area contributed by atoms with Crippen molar-refractivity contribution in [1.82, 2.24) is 15.3 Å². The smallest absolute Gasteiger partial charge is 0.133 e. The van der Waals surface area contributed by atoms with E-state index in [1.54, 1.807) is 7.11 Å². The Morgan fingerprint density at radius 1 is 1.22 bits per heavy atom. The summed E-state index contributed by atoms with van der Waals surface area (Å²) >= 11 is 0. The van der Waals surface area contributed by atoms with Gasteiger partial charge in [-0.15, -0.1) is 0 Å². The van der Waals surface area contributed by atoms with E-state index in [1.807, 2.05) is 18.3 Å². The first-order chi connectivity index (χ1) is 13.3. The van der Waals surface area contributed by atoms with Gasteiger partial charge in [0.15, 0.2) is 0 Å². The van der Waals surface area contributed by atoms with Crippen molar-refractivity contribution in [3.8, 4) is 5.75 Å². The summed E-state index contributed by atoms with van der Waals surface area (Å²) in [6.45, 7) is 7.03. The van der Waals surface area contributed by atoms with E-state index in [2.05, 4.69) is 45.3 Å². The molecule has 2 N–H and O–H groups in total. The lowest BCUT2D eigenvalue weighted by Crippen LogP contribution is -2.37. The van der Waals surface area contributed by atoms with Crippen molar-refractivity contribution in [2.75, 3.05) is 38.3 Å². The Labute approximate surface area is 159 Å². The quantitative estimate of drug-likeness (QED) is 0.702.